The topological polar surface area (TPSA) is 67.9 Å². The molecule has 1 N–H and O–H groups in total. The molecule has 2 atom stereocenters. The molecule has 0 aliphatic carbocycles. The third kappa shape index (κ3) is 6.00. The second-order valence-electron chi connectivity index (χ2n) is 8.19. The molecule has 0 saturated heterocycles. The first-order valence-corrected chi connectivity index (χ1v) is 10.9. The average molecular weight is 425 g/mol. The standard InChI is InChI=1S/C25H32N2O4/c1-5-18(3)26-25(29)19(4)27(15-21-8-6-17(2)7-9-21)24(28)13-11-20-10-12-22-23(14-20)31-16-30-22/h6-10,12,14,18-19H,5,11,13,15-16H2,1-4H3,(H,26,29)/t18-,19-/m1/s1. The molecule has 2 aromatic carbocycles. The lowest BCUT2D eigenvalue weighted by Crippen LogP contribution is -2.49. The van der Waals surface area contributed by atoms with Crippen molar-refractivity contribution in [3.8, 4) is 11.5 Å². The molecule has 0 bridgehead atoms. The number of carbonyl (C=O) groups excluding carboxylic acids is 2. The van der Waals surface area contributed by atoms with Gasteiger partial charge in [0.15, 0.2) is 11.5 Å². The second kappa shape index (κ2) is 10.3. The summed E-state index contributed by atoms with van der Waals surface area (Å²) in [6, 6.07) is 13.3. The van der Waals surface area contributed by atoms with Crippen LogP contribution in [0.1, 0.15) is 50.3 Å². The lowest BCUT2D eigenvalue weighted by atomic mass is 10.1. The van der Waals surface area contributed by atoms with Crippen molar-refractivity contribution in [3.05, 3.63) is 59.2 Å². The van der Waals surface area contributed by atoms with E-state index in [1.54, 1.807) is 11.8 Å². The van der Waals surface area contributed by atoms with Gasteiger partial charge in [0.1, 0.15) is 6.04 Å². The van der Waals surface area contributed by atoms with Crippen LogP contribution in [0.2, 0.25) is 0 Å². The summed E-state index contributed by atoms with van der Waals surface area (Å²) in [6.07, 6.45) is 1.72. The molecule has 6 heteroatoms. The maximum Gasteiger partial charge on any atom is 0.242 e. The molecule has 1 aliphatic heterocycles. The molecular weight excluding hydrogens is 392 g/mol. The number of aryl methyl sites for hydroxylation is 2. The van der Waals surface area contributed by atoms with Gasteiger partial charge in [-0.3, -0.25) is 9.59 Å². The summed E-state index contributed by atoms with van der Waals surface area (Å²) in [7, 11) is 0. The molecule has 2 aromatic rings. The fourth-order valence-electron chi connectivity index (χ4n) is 3.43. The maximum atomic E-state index is 13.2. The highest BCUT2D eigenvalue weighted by Crippen LogP contribution is 2.32. The molecule has 0 radical (unpaired) electrons. The van der Waals surface area contributed by atoms with E-state index >= 15 is 0 Å². The van der Waals surface area contributed by atoms with Crippen LogP contribution in [-0.2, 0) is 22.6 Å². The quantitative estimate of drug-likeness (QED) is 0.661. The largest absolute Gasteiger partial charge is 0.454 e. The van der Waals surface area contributed by atoms with Crippen LogP contribution in [0.3, 0.4) is 0 Å². The van der Waals surface area contributed by atoms with Gasteiger partial charge in [-0.15, -0.1) is 0 Å². The van der Waals surface area contributed by atoms with Gasteiger partial charge in [0.2, 0.25) is 18.6 Å². The number of hydrogen-bond acceptors (Lipinski definition) is 4. The zero-order chi connectivity index (χ0) is 22.4. The highest BCUT2D eigenvalue weighted by molar-refractivity contribution is 5.87. The first kappa shape index (κ1) is 22.7. The zero-order valence-electron chi connectivity index (χ0n) is 18.8. The number of nitrogens with one attached hydrogen (secondary N) is 1. The van der Waals surface area contributed by atoms with E-state index in [-0.39, 0.29) is 24.6 Å². The molecule has 1 heterocycles. The molecule has 2 amide bonds. The number of fused-ring (bicyclic) bond motifs is 1. The Morgan fingerprint density at radius 2 is 1.71 bits per heavy atom. The molecule has 3 rings (SSSR count). The van der Waals surface area contributed by atoms with Crippen LogP contribution in [0.15, 0.2) is 42.5 Å². The normalized spacial score (nSPS) is 14.1. The minimum Gasteiger partial charge on any atom is -0.454 e. The van der Waals surface area contributed by atoms with Crippen molar-refractivity contribution in [2.45, 2.75) is 65.6 Å². The van der Waals surface area contributed by atoms with Crippen molar-refractivity contribution in [2.24, 2.45) is 0 Å². The van der Waals surface area contributed by atoms with E-state index in [1.165, 1.54) is 0 Å². The molecule has 1 aliphatic rings. The van der Waals surface area contributed by atoms with E-state index in [4.69, 9.17) is 9.47 Å². The molecule has 0 aromatic heterocycles. The van der Waals surface area contributed by atoms with E-state index in [9.17, 15) is 9.59 Å². The molecule has 31 heavy (non-hydrogen) atoms. The smallest absolute Gasteiger partial charge is 0.242 e. The Bertz CT molecular complexity index is 910. The fourth-order valence-corrected chi connectivity index (χ4v) is 3.43. The Morgan fingerprint density at radius 3 is 2.42 bits per heavy atom. The molecule has 0 fully saturated rings. The van der Waals surface area contributed by atoms with E-state index in [0.717, 1.165) is 28.9 Å². The summed E-state index contributed by atoms with van der Waals surface area (Å²) in [5, 5.41) is 3.00. The maximum absolute atomic E-state index is 13.2. The Labute approximate surface area is 184 Å². The van der Waals surface area contributed by atoms with Crippen molar-refractivity contribution in [2.75, 3.05) is 6.79 Å². The van der Waals surface area contributed by atoms with Gasteiger partial charge in [-0.1, -0.05) is 42.8 Å². The molecule has 0 saturated carbocycles. The monoisotopic (exact) mass is 424 g/mol. The van der Waals surface area contributed by atoms with Crippen molar-refractivity contribution >= 4 is 11.8 Å². The number of hydrogen-bond donors (Lipinski definition) is 1. The van der Waals surface area contributed by atoms with Crippen molar-refractivity contribution < 1.29 is 19.1 Å². The molecule has 166 valence electrons. The SMILES string of the molecule is CC[C@@H](C)NC(=O)[C@@H](C)N(Cc1ccc(C)cc1)C(=O)CCc1ccc2c(c1)OCO2. The number of amides is 2. The van der Waals surface area contributed by atoms with Crippen molar-refractivity contribution in [1.29, 1.82) is 0 Å². The van der Waals surface area contributed by atoms with Crippen LogP contribution in [0.4, 0.5) is 0 Å². The van der Waals surface area contributed by atoms with E-state index < -0.39 is 6.04 Å². The van der Waals surface area contributed by atoms with Crippen LogP contribution in [-0.4, -0.2) is 35.6 Å². The van der Waals surface area contributed by atoms with Crippen LogP contribution in [0.25, 0.3) is 0 Å². The third-order valence-electron chi connectivity index (χ3n) is 5.71. The summed E-state index contributed by atoms with van der Waals surface area (Å²) < 4.78 is 10.8. The summed E-state index contributed by atoms with van der Waals surface area (Å²) >= 11 is 0. The predicted molar refractivity (Wildman–Crippen MR) is 120 cm³/mol. The van der Waals surface area contributed by atoms with E-state index in [1.807, 2.05) is 63.2 Å². The van der Waals surface area contributed by atoms with Gasteiger partial charge in [0.25, 0.3) is 0 Å². The number of nitrogens with zero attached hydrogens (tertiary/aromatic N) is 1. The Morgan fingerprint density at radius 1 is 1.03 bits per heavy atom. The fraction of sp³-hybridized carbons (Fsp3) is 0.440. The molecule has 0 spiro atoms. The summed E-state index contributed by atoms with van der Waals surface area (Å²) in [5.41, 5.74) is 3.17. The van der Waals surface area contributed by atoms with Crippen LogP contribution >= 0.6 is 0 Å². The number of carbonyl (C=O) groups is 2. The minimum absolute atomic E-state index is 0.0509. The average Bonchev–Trinajstić information content (AvgIpc) is 3.24. The van der Waals surface area contributed by atoms with Crippen molar-refractivity contribution in [1.82, 2.24) is 10.2 Å². The van der Waals surface area contributed by atoms with Gasteiger partial charge in [-0.25, -0.2) is 0 Å². The molecule has 0 unspecified atom stereocenters. The number of benzene rings is 2. The summed E-state index contributed by atoms with van der Waals surface area (Å²) in [5.74, 6) is 1.26. The van der Waals surface area contributed by atoms with Gasteiger partial charge >= 0.3 is 0 Å². The Balaban J connectivity index is 1.71. The van der Waals surface area contributed by atoms with Gasteiger partial charge in [0, 0.05) is 19.0 Å². The predicted octanol–water partition coefficient (Wildman–Crippen LogP) is 3.99. The van der Waals surface area contributed by atoms with Crippen LogP contribution in [0.5, 0.6) is 11.5 Å². The van der Waals surface area contributed by atoms with Gasteiger partial charge < -0.3 is 19.7 Å². The number of ether oxygens (including phenoxy) is 2. The van der Waals surface area contributed by atoms with Crippen LogP contribution in [0, 0.1) is 6.92 Å². The Hall–Kier alpha value is -3.02. The number of rotatable bonds is 9. The zero-order valence-corrected chi connectivity index (χ0v) is 18.8. The summed E-state index contributed by atoms with van der Waals surface area (Å²) in [6.45, 7) is 8.44. The lowest BCUT2D eigenvalue weighted by Gasteiger charge is -2.30. The highest BCUT2D eigenvalue weighted by Gasteiger charge is 2.26. The minimum atomic E-state index is -0.556. The first-order valence-electron chi connectivity index (χ1n) is 10.9. The molecular formula is C25H32N2O4. The van der Waals surface area contributed by atoms with Crippen molar-refractivity contribution in [3.63, 3.8) is 0 Å². The van der Waals surface area contributed by atoms with E-state index in [0.29, 0.717) is 25.1 Å². The third-order valence-corrected chi connectivity index (χ3v) is 5.71. The van der Waals surface area contributed by atoms with Gasteiger partial charge in [-0.05, 0) is 56.9 Å². The van der Waals surface area contributed by atoms with Gasteiger partial charge in [-0.2, -0.15) is 0 Å². The first-order chi connectivity index (χ1) is 14.9. The lowest BCUT2D eigenvalue weighted by molar-refractivity contribution is -0.140. The van der Waals surface area contributed by atoms with E-state index in [2.05, 4.69) is 5.32 Å². The van der Waals surface area contributed by atoms with Gasteiger partial charge in [0.05, 0.1) is 0 Å². The van der Waals surface area contributed by atoms with Crippen LogP contribution < -0.4 is 14.8 Å². The summed E-state index contributed by atoms with van der Waals surface area (Å²) in [4.78, 5) is 27.7. The Kier molecular flexibility index (Phi) is 7.55. The second-order valence-corrected chi connectivity index (χ2v) is 8.19. The highest BCUT2D eigenvalue weighted by atomic mass is 16.7. The molecule has 6 nitrogen and oxygen atoms in total.